The van der Waals surface area contributed by atoms with Gasteiger partial charge >= 0.3 is 5.97 Å². The van der Waals surface area contributed by atoms with E-state index in [-0.39, 0.29) is 0 Å². The minimum absolute atomic E-state index is 1.10. The molecule has 0 rings (SSSR count). The Morgan fingerprint density at radius 1 is 1.56 bits per heavy atom. The summed E-state index contributed by atoms with van der Waals surface area (Å²) >= 11 is 0. The van der Waals surface area contributed by atoms with Crippen LogP contribution in [0.3, 0.4) is 0 Å². The van der Waals surface area contributed by atoms with E-state index in [2.05, 4.69) is 0 Å². The van der Waals surface area contributed by atoms with Gasteiger partial charge in [-0.15, -0.1) is 0 Å². The predicted molar refractivity (Wildman–Crippen MR) is 25.5 cm³/mol. The molecule has 0 fully saturated rings. The second kappa shape index (κ2) is 3.00. The first-order valence-electron chi connectivity index (χ1n) is 2.02. The smallest absolute Gasteiger partial charge is 0.330 e. The minimum atomic E-state index is -1.70. The highest BCUT2D eigenvalue weighted by atomic mass is 16.5. The van der Waals surface area contributed by atoms with Crippen molar-refractivity contribution >= 4 is 11.9 Å². The first kappa shape index (κ1) is 7.86. The van der Waals surface area contributed by atoms with Gasteiger partial charge in [0.2, 0.25) is 0 Å². The fraction of sp³-hybridized carbons (Fsp3) is 0.333. The number of carboxylic acid groups (broad SMARTS) is 1. The molecule has 6 heteroatoms. The Balaban J connectivity index is 3.88. The van der Waals surface area contributed by atoms with E-state index >= 15 is 0 Å². The summed E-state index contributed by atoms with van der Waals surface area (Å²) in [5.41, 5.74) is 5.80. The summed E-state index contributed by atoms with van der Waals surface area (Å²) in [6.07, 6.45) is 0. The average molecular weight is 134 g/mol. The molecular formula is C3H6N2O4. The van der Waals surface area contributed by atoms with Gasteiger partial charge in [-0.1, -0.05) is 0 Å². The number of amides is 1. The van der Waals surface area contributed by atoms with Crippen molar-refractivity contribution < 1.29 is 19.9 Å². The second-order valence-electron chi connectivity index (χ2n) is 1.29. The van der Waals surface area contributed by atoms with Crippen molar-refractivity contribution in [2.45, 2.75) is 6.04 Å². The lowest BCUT2D eigenvalue weighted by molar-refractivity contribution is -0.145. The molecule has 0 spiro atoms. The zero-order chi connectivity index (χ0) is 7.44. The molecule has 0 heterocycles. The minimum Gasteiger partial charge on any atom is -0.480 e. The van der Waals surface area contributed by atoms with Crippen molar-refractivity contribution in [1.82, 2.24) is 5.48 Å². The quantitative estimate of drug-likeness (QED) is 0.196. The number of nitrogens with two attached hydrogens (primary N) is 1. The number of hydrogen-bond donors (Lipinski definition) is 4. The monoisotopic (exact) mass is 134 g/mol. The SMILES string of the molecule is N[C@@H](C(=O)O)C(=O)NO. The molecule has 0 aliphatic carbocycles. The number of carboxylic acids is 1. The van der Waals surface area contributed by atoms with E-state index in [1.165, 1.54) is 0 Å². The lowest BCUT2D eigenvalue weighted by Crippen LogP contribution is -2.44. The third-order valence-electron chi connectivity index (χ3n) is 0.659. The van der Waals surface area contributed by atoms with Crippen LogP contribution in [-0.4, -0.2) is 28.2 Å². The van der Waals surface area contributed by atoms with Crippen molar-refractivity contribution in [2.75, 3.05) is 0 Å². The number of nitrogens with one attached hydrogen (secondary N) is 1. The average Bonchev–Trinajstić information content (AvgIpc) is 1.84. The van der Waals surface area contributed by atoms with Crippen LogP contribution in [0, 0.1) is 0 Å². The molecule has 0 saturated carbocycles. The number of hydroxylamine groups is 1. The van der Waals surface area contributed by atoms with E-state index < -0.39 is 17.9 Å². The summed E-state index contributed by atoms with van der Waals surface area (Å²) in [6, 6.07) is -1.70. The van der Waals surface area contributed by atoms with Crippen molar-refractivity contribution in [3.8, 4) is 0 Å². The molecule has 0 radical (unpaired) electrons. The Kier molecular flexibility index (Phi) is 2.62. The molecule has 0 aromatic heterocycles. The van der Waals surface area contributed by atoms with E-state index in [9.17, 15) is 9.59 Å². The number of carbonyl (C=O) groups excluding carboxylic acids is 1. The predicted octanol–water partition coefficient (Wildman–Crippen LogP) is -2.10. The zero-order valence-electron chi connectivity index (χ0n) is 4.37. The molecule has 0 bridgehead atoms. The number of hydrogen-bond acceptors (Lipinski definition) is 4. The van der Waals surface area contributed by atoms with E-state index in [4.69, 9.17) is 16.0 Å². The largest absolute Gasteiger partial charge is 0.480 e. The van der Waals surface area contributed by atoms with Gasteiger partial charge in [-0.25, -0.2) is 10.3 Å². The Morgan fingerprint density at radius 2 is 2.00 bits per heavy atom. The Morgan fingerprint density at radius 3 is 2.11 bits per heavy atom. The first-order chi connectivity index (χ1) is 4.09. The van der Waals surface area contributed by atoms with Crippen LogP contribution < -0.4 is 11.2 Å². The van der Waals surface area contributed by atoms with Crippen molar-refractivity contribution in [2.24, 2.45) is 5.73 Å². The molecule has 0 unspecified atom stereocenters. The van der Waals surface area contributed by atoms with Gasteiger partial charge in [-0.2, -0.15) is 0 Å². The van der Waals surface area contributed by atoms with Gasteiger partial charge in [0.1, 0.15) is 0 Å². The number of aliphatic carboxylic acids is 1. The highest BCUT2D eigenvalue weighted by Crippen LogP contribution is 1.75. The molecule has 0 aromatic rings. The molecule has 5 N–H and O–H groups in total. The molecule has 0 aliphatic heterocycles. The summed E-state index contributed by atoms with van der Waals surface area (Å²) in [5, 5.41) is 15.8. The fourth-order valence-electron chi connectivity index (χ4n) is 0.182. The summed E-state index contributed by atoms with van der Waals surface area (Å²) in [4.78, 5) is 19.9. The van der Waals surface area contributed by atoms with Gasteiger partial charge in [0.15, 0.2) is 6.04 Å². The van der Waals surface area contributed by atoms with Crippen LogP contribution in [0.4, 0.5) is 0 Å². The van der Waals surface area contributed by atoms with Crippen LogP contribution in [0.1, 0.15) is 0 Å². The van der Waals surface area contributed by atoms with Gasteiger partial charge in [0.05, 0.1) is 0 Å². The third-order valence-corrected chi connectivity index (χ3v) is 0.659. The standard InChI is InChI=1S/C3H6N2O4/c4-1(3(7)8)2(6)5-9/h1,9H,4H2,(H,5,6)(H,7,8)/t1-/m1/s1. The van der Waals surface area contributed by atoms with Gasteiger partial charge in [-0.3, -0.25) is 10.0 Å². The van der Waals surface area contributed by atoms with Crippen LogP contribution in [0.5, 0.6) is 0 Å². The molecule has 6 nitrogen and oxygen atoms in total. The van der Waals surface area contributed by atoms with Gasteiger partial charge in [0.25, 0.3) is 5.91 Å². The lowest BCUT2D eigenvalue weighted by atomic mass is 10.3. The molecule has 52 valence electrons. The third kappa shape index (κ3) is 2.06. The second-order valence-corrected chi connectivity index (χ2v) is 1.29. The summed E-state index contributed by atoms with van der Waals surface area (Å²) in [7, 11) is 0. The Bertz CT molecular complexity index is 134. The van der Waals surface area contributed by atoms with Crippen LogP contribution in [0.2, 0.25) is 0 Å². The van der Waals surface area contributed by atoms with Crippen molar-refractivity contribution in [3.05, 3.63) is 0 Å². The normalized spacial score (nSPS) is 12.2. The zero-order valence-corrected chi connectivity index (χ0v) is 4.37. The van der Waals surface area contributed by atoms with Crippen molar-refractivity contribution in [1.29, 1.82) is 0 Å². The molecule has 1 amide bonds. The van der Waals surface area contributed by atoms with E-state index in [1.54, 1.807) is 0 Å². The van der Waals surface area contributed by atoms with Gasteiger partial charge in [0, 0.05) is 0 Å². The molecular weight excluding hydrogens is 128 g/mol. The van der Waals surface area contributed by atoms with Crippen LogP contribution in [0.15, 0.2) is 0 Å². The molecule has 0 aromatic carbocycles. The topological polar surface area (TPSA) is 113 Å². The summed E-state index contributed by atoms with van der Waals surface area (Å²) in [5.74, 6) is -2.62. The molecule has 0 aliphatic rings. The maximum absolute atomic E-state index is 10.1. The van der Waals surface area contributed by atoms with Crippen LogP contribution in [-0.2, 0) is 9.59 Å². The summed E-state index contributed by atoms with van der Waals surface area (Å²) in [6.45, 7) is 0. The molecule has 0 saturated heterocycles. The van der Waals surface area contributed by atoms with Crippen molar-refractivity contribution in [3.63, 3.8) is 0 Å². The van der Waals surface area contributed by atoms with Crippen LogP contribution in [0.25, 0.3) is 0 Å². The molecule has 1 atom stereocenters. The van der Waals surface area contributed by atoms with E-state index in [0.29, 0.717) is 0 Å². The van der Waals surface area contributed by atoms with E-state index in [0.717, 1.165) is 5.48 Å². The van der Waals surface area contributed by atoms with Gasteiger partial charge in [-0.05, 0) is 0 Å². The van der Waals surface area contributed by atoms with Gasteiger partial charge < -0.3 is 10.8 Å². The number of carbonyl (C=O) groups is 2. The highest BCUT2D eigenvalue weighted by Gasteiger charge is 2.19. The maximum atomic E-state index is 10.1. The first-order valence-corrected chi connectivity index (χ1v) is 2.02. The maximum Gasteiger partial charge on any atom is 0.330 e. The Hall–Kier alpha value is -1.14. The highest BCUT2D eigenvalue weighted by molar-refractivity contribution is 6.00. The summed E-state index contributed by atoms with van der Waals surface area (Å²) < 4.78 is 0. The lowest BCUT2D eigenvalue weighted by Gasteiger charge is -2.00. The fourth-order valence-corrected chi connectivity index (χ4v) is 0.182. The Labute approximate surface area is 50.2 Å². The number of rotatable bonds is 2. The van der Waals surface area contributed by atoms with Crippen LogP contribution >= 0.6 is 0 Å². The molecule has 9 heavy (non-hydrogen) atoms. The van der Waals surface area contributed by atoms with E-state index in [1.807, 2.05) is 0 Å².